The van der Waals surface area contributed by atoms with Crippen LogP contribution in [0, 0.1) is 5.92 Å². The first-order valence-corrected chi connectivity index (χ1v) is 6.65. The number of aromatic nitrogens is 1. The Morgan fingerprint density at radius 3 is 2.73 bits per heavy atom. The summed E-state index contributed by atoms with van der Waals surface area (Å²) in [4.78, 5) is 4.38. The monoisotopic (exact) mass is 247 g/mol. The van der Waals surface area contributed by atoms with E-state index in [2.05, 4.69) is 25.8 Å². The minimum atomic E-state index is 0.317. The van der Waals surface area contributed by atoms with Crippen LogP contribution >= 0.6 is 22.9 Å². The average Bonchev–Trinajstić information content (AvgIpc) is 2.65. The van der Waals surface area contributed by atoms with Gasteiger partial charge < -0.3 is 4.74 Å². The van der Waals surface area contributed by atoms with Crippen molar-refractivity contribution in [1.82, 2.24) is 4.98 Å². The van der Waals surface area contributed by atoms with E-state index >= 15 is 0 Å². The predicted molar refractivity (Wildman–Crippen MR) is 65.6 cm³/mol. The van der Waals surface area contributed by atoms with Crippen LogP contribution in [0.25, 0.3) is 0 Å². The van der Waals surface area contributed by atoms with Gasteiger partial charge in [0.15, 0.2) is 0 Å². The van der Waals surface area contributed by atoms with Crippen molar-refractivity contribution in [2.24, 2.45) is 5.92 Å². The zero-order valence-corrected chi connectivity index (χ0v) is 11.1. The number of nitrogens with zero attached hydrogens (tertiary/aromatic N) is 1. The molecule has 0 radical (unpaired) electrons. The van der Waals surface area contributed by atoms with E-state index in [1.807, 2.05) is 5.38 Å². The molecule has 0 saturated carbocycles. The van der Waals surface area contributed by atoms with Crippen molar-refractivity contribution in [3.8, 4) is 0 Å². The van der Waals surface area contributed by atoms with Crippen LogP contribution in [0.3, 0.4) is 0 Å². The third-order valence-electron chi connectivity index (χ3n) is 2.37. The predicted octanol–water partition coefficient (Wildman–Crippen LogP) is 3.49. The molecule has 86 valence electrons. The van der Waals surface area contributed by atoms with Crippen molar-refractivity contribution in [2.45, 2.75) is 39.2 Å². The number of alkyl halides is 1. The third-order valence-corrected chi connectivity index (χ3v) is 3.60. The molecule has 1 heterocycles. The van der Waals surface area contributed by atoms with Gasteiger partial charge in [-0.2, -0.15) is 0 Å². The Bertz CT molecular complexity index is 288. The van der Waals surface area contributed by atoms with Crippen LogP contribution in [-0.2, 0) is 17.0 Å². The summed E-state index contributed by atoms with van der Waals surface area (Å²) in [6.45, 7) is 7.19. The van der Waals surface area contributed by atoms with Gasteiger partial charge in [0, 0.05) is 11.8 Å². The van der Waals surface area contributed by atoms with Crippen LogP contribution in [0.1, 0.15) is 31.5 Å². The summed E-state index contributed by atoms with van der Waals surface area (Å²) in [6, 6.07) is 0. The maximum absolute atomic E-state index is 5.68. The Balaban J connectivity index is 2.25. The smallest absolute Gasteiger partial charge is 0.0951 e. The summed E-state index contributed by atoms with van der Waals surface area (Å²) in [7, 11) is 0. The van der Waals surface area contributed by atoms with Gasteiger partial charge in [-0.05, 0) is 12.8 Å². The Hall–Kier alpha value is -0.120. The molecular formula is C11H18ClNOS. The molecule has 4 heteroatoms. The highest BCUT2D eigenvalue weighted by atomic mass is 35.5. The van der Waals surface area contributed by atoms with Gasteiger partial charge in [0.2, 0.25) is 0 Å². The number of halogens is 1. The van der Waals surface area contributed by atoms with Crippen LogP contribution in [0.5, 0.6) is 0 Å². The SMILES string of the molecule is CC(C)C(C)OCCc1nc(CCl)cs1. The fourth-order valence-corrected chi connectivity index (χ4v) is 2.06. The molecule has 15 heavy (non-hydrogen) atoms. The number of ether oxygens (including phenoxy) is 1. The van der Waals surface area contributed by atoms with Gasteiger partial charge in [-0.25, -0.2) is 4.98 Å². The molecule has 0 aromatic carbocycles. The highest BCUT2D eigenvalue weighted by Crippen LogP contribution is 2.13. The molecule has 0 spiro atoms. The molecule has 1 rings (SSSR count). The lowest BCUT2D eigenvalue weighted by Gasteiger charge is -2.15. The summed E-state index contributed by atoms with van der Waals surface area (Å²) in [5, 5.41) is 3.12. The molecule has 0 amide bonds. The third kappa shape index (κ3) is 4.49. The topological polar surface area (TPSA) is 22.1 Å². The normalized spacial score (nSPS) is 13.4. The van der Waals surface area contributed by atoms with Crippen molar-refractivity contribution in [1.29, 1.82) is 0 Å². The molecule has 0 saturated heterocycles. The van der Waals surface area contributed by atoms with Crippen LogP contribution in [0.2, 0.25) is 0 Å². The fraction of sp³-hybridized carbons (Fsp3) is 0.727. The van der Waals surface area contributed by atoms with E-state index in [9.17, 15) is 0 Å². The molecule has 0 aliphatic heterocycles. The first-order chi connectivity index (χ1) is 7.13. The lowest BCUT2D eigenvalue weighted by atomic mass is 10.1. The molecule has 1 aromatic heterocycles. The fourth-order valence-electron chi connectivity index (χ4n) is 1.05. The van der Waals surface area contributed by atoms with Crippen molar-refractivity contribution in [3.63, 3.8) is 0 Å². The molecule has 1 aromatic rings. The molecule has 0 aliphatic carbocycles. The van der Waals surface area contributed by atoms with Gasteiger partial charge in [-0.15, -0.1) is 22.9 Å². The molecule has 0 N–H and O–H groups in total. The Kier molecular flexibility index (Phi) is 5.58. The lowest BCUT2D eigenvalue weighted by molar-refractivity contribution is 0.0374. The Morgan fingerprint density at radius 2 is 2.20 bits per heavy atom. The molecule has 1 unspecified atom stereocenters. The molecule has 0 aliphatic rings. The molecule has 1 atom stereocenters. The number of thiazole rings is 1. The van der Waals surface area contributed by atoms with Gasteiger partial charge in [0.1, 0.15) is 0 Å². The first-order valence-electron chi connectivity index (χ1n) is 5.24. The number of hydrogen-bond donors (Lipinski definition) is 0. The van der Waals surface area contributed by atoms with Gasteiger partial charge in [0.05, 0.1) is 29.3 Å². The van der Waals surface area contributed by atoms with Crippen molar-refractivity contribution in [2.75, 3.05) is 6.61 Å². The first kappa shape index (κ1) is 12.9. The molecule has 0 bridgehead atoms. The van der Waals surface area contributed by atoms with Gasteiger partial charge in [-0.1, -0.05) is 13.8 Å². The van der Waals surface area contributed by atoms with Crippen LogP contribution < -0.4 is 0 Å². The zero-order valence-electron chi connectivity index (χ0n) is 9.50. The van der Waals surface area contributed by atoms with E-state index in [1.165, 1.54) is 0 Å². The summed E-state index contributed by atoms with van der Waals surface area (Å²) in [5.41, 5.74) is 0.966. The van der Waals surface area contributed by atoms with Crippen LogP contribution in [0.15, 0.2) is 5.38 Å². The Labute approximate surface area is 101 Å². The van der Waals surface area contributed by atoms with E-state index in [0.29, 0.717) is 17.9 Å². The number of rotatable bonds is 6. The zero-order chi connectivity index (χ0) is 11.3. The second-order valence-electron chi connectivity index (χ2n) is 3.94. The maximum Gasteiger partial charge on any atom is 0.0951 e. The van der Waals surface area contributed by atoms with E-state index in [-0.39, 0.29) is 0 Å². The average molecular weight is 248 g/mol. The maximum atomic E-state index is 5.68. The second-order valence-corrected chi connectivity index (χ2v) is 5.15. The van der Waals surface area contributed by atoms with Crippen LogP contribution in [-0.4, -0.2) is 17.7 Å². The second kappa shape index (κ2) is 6.46. The lowest BCUT2D eigenvalue weighted by Crippen LogP contribution is -2.16. The molecule has 0 fully saturated rings. The van der Waals surface area contributed by atoms with Crippen molar-refractivity contribution >= 4 is 22.9 Å². The summed E-state index contributed by atoms with van der Waals surface area (Å²) >= 11 is 7.34. The van der Waals surface area contributed by atoms with E-state index in [4.69, 9.17) is 16.3 Å². The summed E-state index contributed by atoms with van der Waals surface area (Å²) in [6.07, 6.45) is 1.20. The minimum Gasteiger partial charge on any atom is -0.378 e. The van der Waals surface area contributed by atoms with Gasteiger partial charge in [0.25, 0.3) is 0 Å². The Morgan fingerprint density at radius 1 is 1.47 bits per heavy atom. The summed E-state index contributed by atoms with van der Waals surface area (Å²) in [5.74, 6) is 1.07. The molecular weight excluding hydrogens is 230 g/mol. The van der Waals surface area contributed by atoms with E-state index in [1.54, 1.807) is 11.3 Å². The van der Waals surface area contributed by atoms with E-state index < -0.39 is 0 Å². The van der Waals surface area contributed by atoms with Gasteiger partial charge in [-0.3, -0.25) is 0 Å². The van der Waals surface area contributed by atoms with Gasteiger partial charge >= 0.3 is 0 Å². The molecule has 2 nitrogen and oxygen atoms in total. The minimum absolute atomic E-state index is 0.317. The number of hydrogen-bond acceptors (Lipinski definition) is 3. The standard InChI is InChI=1S/C11H18ClNOS/c1-8(2)9(3)14-5-4-11-13-10(6-12)7-15-11/h7-9H,4-6H2,1-3H3. The largest absolute Gasteiger partial charge is 0.378 e. The van der Waals surface area contributed by atoms with Crippen molar-refractivity contribution in [3.05, 3.63) is 16.1 Å². The highest BCUT2D eigenvalue weighted by Gasteiger charge is 2.07. The van der Waals surface area contributed by atoms with E-state index in [0.717, 1.165) is 23.7 Å². The quantitative estimate of drug-likeness (QED) is 0.718. The highest BCUT2D eigenvalue weighted by molar-refractivity contribution is 7.09. The van der Waals surface area contributed by atoms with Crippen molar-refractivity contribution < 1.29 is 4.74 Å². The summed E-state index contributed by atoms with van der Waals surface area (Å²) < 4.78 is 5.68. The van der Waals surface area contributed by atoms with Crippen LogP contribution in [0.4, 0.5) is 0 Å².